The van der Waals surface area contributed by atoms with Crippen molar-refractivity contribution in [3.05, 3.63) is 0 Å². The van der Waals surface area contributed by atoms with Crippen LogP contribution < -0.4 is 5.32 Å². The van der Waals surface area contributed by atoms with Crippen molar-refractivity contribution in [2.24, 2.45) is 0 Å². The van der Waals surface area contributed by atoms with Crippen molar-refractivity contribution in [1.29, 1.82) is 0 Å². The SMILES string of the molecule is CC.CC.CC.CC.CNC(=O)CCCCCCCCCCCCCCCCCCC(=O)O. The van der Waals surface area contributed by atoms with Crippen LogP contribution in [0.25, 0.3) is 0 Å². The molecule has 0 aliphatic rings. The Kier molecular flexibility index (Phi) is 61.8. The Balaban J connectivity index is -0.000000292. The Morgan fingerprint density at radius 1 is 0.455 bits per heavy atom. The van der Waals surface area contributed by atoms with Crippen LogP contribution in [0.1, 0.15) is 171 Å². The summed E-state index contributed by atoms with van der Waals surface area (Å²) in [6.45, 7) is 16.0. The largest absolute Gasteiger partial charge is 0.481 e. The van der Waals surface area contributed by atoms with Gasteiger partial charge in [0.1, 0.15) is 0 Å². The fourth-order valence-corrected chi connectivity index (χ4v) is 3.16. The van der Waals surface area contributed by atoms with E-state index in [1.54, 1.807) is 7.05 Å². The predicted octanol–water partition coefficient (Wildman–Crippen LogP) is 9.94. The Hall–Kier alpha value is -1.06. The molecule has 0 saturated heterocycles. The minimum absolute atomic E-state index is 0.165. The maximum absolute atomic E-state index is 11.1. The maximum Gasteiger partial charge on any atom is 0.303 e. The highest BCUT2D eigenvalue weighted by atomic mass is 16.4. The van der Waals surface area contributed by atoms with Crippen molar-refractivity contribution < 1.29 is 14.7 Å². The van der Waals surface area contributed by atoms with Crippen molar-refractivity contribution in [3.63, 3.8) is 0 Å². The summed E-state index contributed by atoms with van der Waals surface area (Å²) in [4.78, 5) is 21.4. The molecule has 0 atom stereocenters. The first-order valence-corrected chi connectivity index (χ1v) is 14.6. The molecule has 0 spiro atoms. The number of amides is 1. The minimum Gasteiger partial charge on any atom is -0.481 e. The fraction of sp³-hybridized carbons (Fsp3) is 0.931. The molecule has 2 N–H and O–H groups in total. The molecule has 33 heavy (non-hydrogen) atoms. The van der Waals surface area contributed by atoms with E-state index in [4.69, 9.17) is 5.11 Å². The average molecular weight is 476 g/mol. The number of carboxylic acid groups (broad SMARTS) is 1. The summed E-state index contributed by atoms with van der Waals surface area (Å²) in [6, 6.07) is 0. The van der Waals surface area contributed by atoms with Crippen LogP contribution in [-0.4, -0.2) is 24.0 Å². The molecule has 204 valence electrons. The summed E-state index contributed by atoms with van der Waals surface area (Å²) in [7, 11) is 1.70. The van der Waals surface area contributed by atoms with Gasteiger partial charge in [0, 0.05) is 19.9 Å². The van der Waals surface area contributed by atoms with Crippen molar-refractivity contribution in [2.45, 2.75) is 171 Å². The maximum atomic E-state index is 11.1. The number of carboxylic acids is 1. The van der Waals surface area contributed by atoms with E-state index in [2.05, 4.69) is 5.32 Å². The number of carbonyl (C=O) groups is 2. The van der Waals surface area contributed by atoms with Gasteiger partial charge in [-0.3, -0.25) is 9.59 Å². The zero-order chi connectivity index (χ0) is 26.6. The van der Waals surface area contributed by atoms with Crippen molar-refractivity contribution in [1.82, 2.24) is 5.32 Å². The van der Waals surface area contributed by atoms with Crippen LogP contribution >= 0.6 is 0 Å². The number of hydrogen-bond donors (Lipinski definition) is 2. The normalized spacial score (nSPS) is 8.88. The second kappa shape index (κ2) is 48.4. The fourth-order valence-electron chi connectivity index (χ4n) is 3.16. The van der Waals surface area contributed by atoms with Gasteiger partial charge >= 0.3 is 5.97 Å². The molecule has 0 bridgehead atoms. The number of nitrogens with one attached hydrogen (secondary N) is 1. The lowest BCUT2D eigenvalue weighted by atomic mass is 10.0. The van der Waals surface area contributed by atoms with Crippen molar-refractivity contribution >= 4 is 11.9 Å². The number of carbonyl (C=O) groups excluding carboxylic acids is 1. The van der Waals surface area contributed by atoms with E-state index in [-0.39, 0.29) is 5.91 Å². The highest BCUT2D eigenvalue weighted by Gasteiger charge is 1.98. The summed E-state index contributed by atoms with van der Waals surface area (Å²) in [5.74, 6) is -0.501. The molecule has 0 aromatic heterocycles. The first-order chi connectivity index (χ1) is 16.2. The quantitative estimate of drug-likeness (QED) is 0.183. The van der Waals surface area contributed by atoms with Gasteiger partial charge in [0.05, 0.1) is 0 Å². The molecule has 0 rings (SSSR count). The number of unbranched alkanes of at least 4 members (excludes halogenated alkanes) is 15. The molecular weight excluding hydrogens is 410 g/mol. The van der Waals surface area contributed by atoms with Gasteiger partial charge in [0.25, 0.3) is 0 Å². The van der Waals surface area contributed by atoms with E-state index in [1.807, 2.05) is 55.4 Å². The van der Waals surface area contributed by atoms with Crippen LogP contribution in [0.15, 0.2) is 0 Å². The Morgan fingerprint density at radius 3 is 0.879 bits per heavy atom. The number of hydrogen-bond acceptors (Lipinski definition) is 2. The third-order valence-corrected chi connectivity index (χ3v) is 4.82. The molecule has 1 amide bonds. The van der Waals surface area contributed by atoms with E-state index in [0.29, 0.717) is 12.8 Å². The molecule has 0 fully saturated rings. The number of aliphatic carboxylic acids is 1. The lowest BCUT2D eigenvalue weighted by Crippen LogP contribution is -2.16. The van der Waals surface area contributed by atoms with Crippen molar-refractivity contribution in [2.75, 3.05) is 7.05 Å². The molecule has 0 aliphatic carbocycles. The van der Waals surface area contributed by atoms with Crippen LogP contribution in [0.4, 0.5) is 0 Å². The van der Waals surface area contributed by atoms with Gasteiger partial charge in [-0.1, -0.05) is 145 Å². The van der Waals surface area contributed by atoms with Gasteiger partial charge in [-0.2, -0.15) is 0 Å². The lowest BCUT2D eigenvalue weighted by molar-refractivity contribution is -0.137. The van der Waals surface area contributed by atoms with Crippen LogP contribution in [0, 0.1) is 0 Å². The van der Waals surface area contributed by atoms with E-state index in [0.717, 1.165) is 19.3 Å². The van der Waals surface area contributed by atoms with Gasteiger partial charge in [0.15, 0.2) is 0 Å². The molecule has 0 radical (unpaired) electrons. The van der Waals surface area contributed by atoms with Crippen LogP contribution in [0.2, 0.25) is 0 Å². The molecule has 4 heteroatoms. The molecule has 4 nitrogen and oxygen atoms in total. The Labute approximate surface area is 210 Å². The van der Waals surface area contributed by atoms with Gasteiger partial charge in [-0.25, -0.2) is 0 Å². The first-order valence-electron chi connectivity index (χ1n) is 14.6. The second-order valence-electron chi connectivity index (χ2n) is 7.22. The summed E-state index contributed by atoms with van der Waals surface area (Å²) in [5.41, 5.74) is 0. The summed E-state index contributed by atoms with van der Waals surface area (Å²) in [6.07, 6.45) is 21.0. The zero-order valence-corrected chi connectivity index (χ0v) is 24.5. The smallest absolute Gasteiger partial charge is 0.303 e. The summed E-state index contributed by atoms with van der Waals surface area (Å²) >= 11 is 0. The van der Waals surface area contributed by atoms with Gasteiger partial charge in [-0.05, 0) is 12.8 Å². The van der Waals surface area contributed by atoms with E-state index >= 15 is 0 Å². The average Bonchev–Trinajstić information content (AvgIpc) is 2.87. The summed E-state index contributed by atoms with van der Waals surface area (Å²) in [5, 5.41) is 11.2. The highest BCUT2D eigenvalue weighted by Crippen LogP contribution is 2.14. The monoisotopic (exact) mass is 475 g/mol. The van der Waals surface area contributed by atoms with Gasteiger partial charge in [-0.15, -0.1) is 0 Å². The molecule has 0 aliphatic heterocycles. The van der Waals surface area contributed by atoms with E-state index < -0.39 is 5.97 Å². The molecule has 0 aromatic rings. The first kappa shape index (κ1) is 42.1. The lowest BCUT2D eigenvalue weighted by Gasteiger charge is -2.03. The molecular formula is C29H65NO3. The second-order valence-corrected chi connectivity index (χ2v) is 7.22. The Morgan fingerprint density at radius 2 is 0.667 bits per heavy atom. The third kappa shape index (κ3) is 53.8. The number of rotatable bonds is 19. The summed E-state index contributed by atoms with van der Waals surface area (Å²) < 4.78 is 0. The predicted molar refractivity (Wildman–Crippen MR) is 150 cm³/mol. The molecule has 0 heterocycles. The standard InChI is InChI=1S/C21H41NO3.4C2H6/c1-22-20(23)18-16-14-12-10-8-6-4-2-3-5-7-9-11-13-15-17-19-21(24)25;4*1-2/h2-19H2,1H3,(H,22,23)(H,24,25);4*1-2H3. The third-order valence-electron chi connectivity index (χ3n) is 4.82. The molecule has 0 aromatic carbocycles. The molecule has 0 saturated carbocycles. The van der Waals surface area contributed by atoms with Crippen LogP contribution in [0.5, 0.6) is 0 Å². The Bertz CT molecular complexity index is 320. The van der Waals surface area contributed by atoms with E-state index in [1.165, 1.54) is 83.5 Å². The van der Waals surface area contributed by atoms with Crippen LogP contribution in [0.3, 0.4) is 0 Å². The zero-order valence-electron chi connectivity index (χ0n) is 24.5. The minimum atomic E-state index is -0.666. The van der Waals surface area contributed by atoms with Crippen LogP contribution in [-0.2, 0) is 9.59 Å². The highest BCUT2D eigenvalue weighted by molar-refractivity contribution is 5.75. The van der Waals surface area contributed by atoms with Gasteiger partial charge < -0.3 is 10.4 Å². The topological polar surface area (TPSA) is 66.4 Å². The van der Waals surface area contributed by atoms with Crippen molar-refractivity contribution in [3.8, 4) is 0 Å². The van der Waals surface area contributed by atoms with Gasteiger partial charge in [0.2, 0.25) is 5.91 Å². The van der Waals surface area contributed by atoms with E-state index in [9.17, 15) is 9.59 Å². The molecule has 0 unspecified atom stereocenters.